The van der Waals surface area contributed by atoms with E-state index in [9.17, 15) is 0 Å². The van der Waals surface area contributed by atoms with Crippen molar-refractivity contribution in [3.05, 3.63) is 29.8 Å². The first-order valence-corrected chi connectivity index (χ1v) is 8.63. The molecule has 0 saturated heterocycles. The van der Waals surface area contributed by atoms with Gasteiger partial charge in [0.05, 0.1) is 0 Å². The molecule has 108 valence electrons. The molecule has 1 unspecified atom stereocenters. The minimum absolute atomic E-state index is 0.638. The van der Waals surface area contributed by atoms with Gasteiger partial charge in [-0.25, -0.2) is 0 Å². The van der Waals surface area contributed by atoms with Crippen LogP contribution in [0.25, 0.3) is 0 Å². The number of benzene rings is 1. The van der Waals surface area contributed by atoms with Crippen molar-refractivity contribution in [1.82, 2.24) is 5.32 Å². The lowest BCUT2D eigenvalue weighted by molar-refractivity contribution is 0.360. The largest absolute Gasteiger partial charge is 0.313 e. The van der Waals surface area contributed by atoms with Crippen LogP contribution in [0.3, 0.4) is 0 Å². The van der Waals surface area contributed by atoms with Crippen molar-refractivity contribution in [2.45, 2.75) is 57.9 Å². The van der Waals surface area contributed by atoms with Gasteiger partial charge in [-0.15, -0.1) is 11.8 Å². The molecular formula is C17H29NS. The summed E-state index contributed by atoms with van der Waals surface area (Å²) < 4.78 is 0. The van der Waals surface area contributed by atoms with Crippen molar-refractivity contribution in [2.24, 2.45) is 5.92 Å². The minimum atomic E-state index is 0.638. The van der Waals surface area contributed by atoms with Crippen LogP contribution in [0.15, 0.2) is 29.2 Å². The molecule has 0 aliphatic heterocycles. The molecule has 0 fully saturated rings. The first kappa shape index (κ1) is 16.6. The molecule has 0 bridgehead atoms. The molecule has 1 aromatic carbocycles. The lowest BCUT2D eigenvalue weighted by Gasteiger charge is -2.26. The molecule has 0 spiro atoms. The molecule has 0 amide bonds. The van der Waals surface area contributed by atoms with Gasteiger partial charge in [-0.2, -0.15) is 0 Å². The predicted molar refractivity (Wildman–Crippen MR) is 88.1 cm³/mol. The second kappa shape index (κ2) is 9.44. The molecule has 1 nitrogen and oxygen atoms in total. The quantitative estimate of drug-likeness (QED) is 0.646. The van der Waals surface area contributed by atoms with Crippen LogP contribution < -0.4 is 5.32 Å². The number of nitrogens with one attached hydrogen (secondary N) is 1. The third-order valence-electron chi connectivity index (χ3n) is 3.79. The van der Waals surface area contributed by atoms with Gasteiger partial charge in [0.1, 0.15) is 0 Å². The third-order valence-corrected chi connectivity index (χ3v) is 5.08. The Morgan fingerprint density at radius 2 is 1.79 bits per heavy atom. The van der Waals surface area contributed by atoms with Crippen LogP contribution in [0.4, 0.5) is 0 Å². The fourth-order valence-corrected chi connectivity index (χ4v) is 3.67. The molecule has 0 radical (unpaired) electrons. The summed E-state index contributed by atoms with van der Waals surface area (Å²) in [6.45, 7) is 10.2. The second-order valence-electron chi connectivity index (χ2n) is 5.21. The van der Waals surface area contributed by atoms with Crippen LogP contribution in [0, 0.1) is 12.8 Å². The maximum Gasteiger partial charge on any atom is 0.0189 e. The van der Waals surface area contributed by atoms with Gasteiger partial charge in [-0.05, 0) is 37.4 Å². The van der Waals surface area contributed by atoms with E-state index in [1.807, 2.05) is 11.8 Å². The van der Waals surface area contributed by atoms with Gasteiger partial charge < -0.3 is 5.32 Å². The van der Waals surface area contributed by atoms with E-state index >= 15 is 0 Å². The van der Waals surface area contributed by atoms with Crippen molar-refractivity contribution < 1.29 is 0 Å². The molecule has 2 heteroatoms. The Morgan fingerprint density at radius 1 is 1.11 bits per heavy atom. The lowest BCUT2D eigenvalue weighted by atomic mass is 9.95. The highest BCUT2D eigenvalue weighted by Crippen LogP contribution is 2.25. The summed E-state index contributed by atoms with van der Waals surface area (Å²) in [6, 6.07) is 9.34. The third kappa shape index (κ3) is 5.58. The van der Waals surface area contributed by atoms with Crippen LogP contribution in [0.2, 0.25) is 0 Å². The van der Waals surface area contributed by atoms with Gasteiger partial charge in [-0.3, -0.25) is 0 Å². The minimum Gasteiger partial charge on any atom is -0.313 e. The van der Waals surface area contributed by atoms with Crippen molar-refractivity contribution in [2.75, 3.05) is 12.3 Å². The molecule has 0 aliphatic carbocycles. The Balaban J connectivity index is 2.59. The molecule has 0 heterocycles. The molecule has 0 saturated carbocycles. The summed E-state index contributed by atoms with van der Waals surface area (Å²) in [5, 5.41) is 3.74. The van der Waals surface area contributed by atoms with E-state index < -0.39 is 0 Å². The SMILES string of the molecule is CCCNC(CSc1ccccc1C)C(CC)CC. The normalized spacial score (nSPS) is 12.9. The van der Waals surface area contributed by atoms with E-state index in [0.29, 0.717) is 6.04 Å². The monoisotopic (exact) mass is 279 g/mol. The molecular weight excluding hydrogens is 250 g/mol. The smallest absolute Gasteiger partial charge is 0.0189 e. The number of hydrogen-bond donors (Lipinski definition) is 1. The van der Waals surface area contributed by atoms with Crippen molar-refractivity contribution >= 4 is 11.8 Å². The van der Waals surface area contributed by atoms with Crippen molar-refractivity contribution in [3.63, 3.8) is 0 Å². The summed E-state index contributed by atoms with van der Waals surface area (Å²) in [5.41, 5.74) is 1.39. The topological polar surface area (TPSA) is 12.0 Å². The van der Waals surface area contributed by atoms with Gasteiger partial charge >= 0.3 is 0 Å². The molecule has 0 aromatic heterocycles. The fraction of sp³-hybridized carbons (Fsp3) is 0.647. The van der Waals surface area contributed by atoms with E-state index in [4.69, 9.17) is 0 Å². The summed E-state index contributed by atoms with van der Waals surface area (Å²) in [7, 11) is 0. The van der Waals surface area contributed by atoms with Gasteiger partial charge in [0.2, 0.25) is 0 Å². The Morgan fingerprint density at radius 3 is 2.37 bits per heavy atom. The average molecular weight is 279 g/mol. The van der Waals surface area contributed by atoms with E-state index in [0.717, 1.165) is 12.5 Å². The zero-order valence-corrected chi connectivity index (χ0v) is 13.7. The standard InChI is InChI=1S/C17H29NS/c1-5-12-18-16(15(6-2)7-3)13-19-17-11-9-8-10-14(17)4/h8-11,15-16,18H,5-7,12-13H2,1-4H3. The maximum absolute atomic E-state index is 3.74. The van der Waals surface area contributed by atoms with E-state index in [-0.39, 0.29) is 0 Å². The predicted octanol–water partition coefficient (Wildman–Crippen LogP) is 4.89. The first-order valence-electron chi connectivity index (χ1n) is 7.64. The first-order chi connectivity index (χ1) is 9.22. The lowest BCUT2D eigenvalue weighted by Crippen LogP contribution is -2.38. The molecule has 1 rings (SSSR count). The van der Waals surface area contributed by atoms with Crippen molar-refractivity contribution in [3.8, 4) is 0 Å². The van der Waals surface area contributed by atoms with Crippen LogP contribution in [-0.4, -0.2) is 18.3 Å². The summed E-state index contributed by atoms with van der Waals surface area (Å²) >= 11 is 2.00. The van der Waals surface area contributed by atoms with E-state index in [2.05, 4.69) is 57.3 Å². The average Bonchev–Trinajstić information content (AvgIpc) is 2.43. The van der Waals surface area contributed by atoms with Crippen LogP contribution in [-0.2, 0) is 0 Å². The Labute approximate surface area is 123 Å². The molecule has 0 aliphatic rings. The summed E-state index contributed by atoms with van der Waals surface area (Å²) in [5.74, 6) is 1.97. The summed E-state index contributed by atoms with van der Waals surface area (Å²) in [6.07, 6.45) is 3.75. The van der Waals surface area contributed by atoms with E-state index in [1.54, 1.807) is 0 Å². The van der Waals surface area contributed by atoms with Gasteiger partial charge in [0, 0.05) is 16.7 Å². The number of aryl methyl sites for hydroxylation is 1. The molecule has 1 N–H and O–H groups in total. The highest BCUT2D eigenvalue weighted by atomic mass is 32.2. The zero-order chi connectivity index (χ0) is 14.1. The number of thioether (sulfide) groups is 1. The zero-order valence-electron chi connectivity index (χ0n) is 12.9. The molecule has 19 heavy (non-hydrogen) atoms. The van der Waals surface area contributed by atoms with Gasteiger partial charge in [0.15, 0.2) is 0 Å². The second-order valence-corrected chi connectivity index (χ2v) is 6.28. The maximum atomic E-state index is 3.74. The van der Waals surface area contributed by atoms with Crippen LogP contribution >= 0.6 is 11.8 Å². The van der Waals surface area contributed by atoms with Gasteiger partial charge in [0.25, 0.3) is 0 Å². The fourth-order valence-electron chi connectivity index (χ4n) is 2.45. The van der Waals surface area contributed by atoms with Crippen molar-refractivity contribution in [1.29, 1.82) is 0 Å². The number of hydrogen-bond acceptors (Lipinski definition) is 2. The Kier molecular flexibility index (Phi) is 8.24. The van der Waals surface area contributed by atoms with E-state index in [1.165, 1.54) is 35.5 Å². The van der Waals surface area contributed by atoms with Crippen LogP contribution in [0.5, 0.6) is 0 Å². The number of rotatable bonds is 9. The highest BCUT2D eigenvalue weighted by Gasteiger charge is 2.18. The summed E-state index contributed by atoms with van der Waals surface area (Å²) in [4.78, 5) is 1.43. The Hall–Kier alpha value is -0.470. The van der Waals surface area contributed by atoms with Gasteiger partial charge in [-0.1, -0.05) is 51.8 Å². The molecule has 1 aromatic rings. The molecule has 1 atom stereocenters. The highest BCUT2D eigenvalue weighted by molar-refractivity contribution is 7.99. The van der Waals surface area contributed by atoms with Crippen LogP contribution in [0.1, 0.15) is 45.6 Å². The Bertz CT molecular complexity index is 347.